The molecule has 3 aromatic heterocycles. The molecular formula is C24H23N5O2. The number of β-amino-alcohol motifs (C(OH)–C–C–N with tert-alkyl or cyclic N) is 1. The maximum absolute atomic E-state index is 13.1. The number of hydrogen-bond acceptors (Lipinski definition) is 5. The fourth-order valence-corrected chi connectivity index (χ4v) is 4.19. The van der Waals surface area contributed by atoms with Crippen LogP contribution in [-0.4, -0.2) is 54.6 Å². The van der Waals surface area contributed by atoms with Gasteiger partial charge in [0.15, 0.2) is 5.65 Å². The number of hydrogen-bond donors (Lipinski definition) is 1. The van der Waals surface area contributed by atoms with E-state index in [1.54, 1.807) is 35.9 Å². The molecule has 5 rings (SSSR count). The highest BCUT2D eigenvalue weighted by molar-refractivity contribution is 5.96. The van der Waals surface area contributed by atoms with Crippen molar-refractivity contribution in [1.82, 2.24) is 24.4 Å². The van der Waals surface area contributed by atoms with Gasteiger partial charge in [-0.3, -0.25) is 9.78 Å². The first kappa shape index (κ1) is 19.4. The lowest BCUT2D eigenvalue weighted by Gasteiger charge is -2.16. The van der Waals surface area contributed by atoms with E-state index in [2.05, 4.69) is 27.1 Å². The van der Waals surface area contributed by atoms with E-state index in [0.29, 0.717) is 37.1 Å². The Labute approximate surface area is 180 Å². The van der Waals surface area contributed by atoms with Crippen molar-refractivity contribution in [1.29, 1.82) is 0 Å². The van der Waals surface area contributed by atoms with Crippen LogP contribution < -0.4 is 0 Å². The predicted octanol–water partition coefficient (Wildman–Crippen LogP) is 2.55. The molecular weight excluding hydrogens is 390 g/mol. The molecule has 0 aliphatic carbocycles. The van der Waals surface area contributed by atoms with Crippen molar-refractivity contribution in [2.45, 2.75) is 19.1 Å². The number of benzene rings is 1. The van der Waals surface area contributed by atoms with Gasteiger partial charge < -0.3 is 14.6 Å². The second-order valence-corrected chi connectivity index (χ2v) is 8.02. The standard InChI is InChI=1S/C24H23N5O2/c30-22-15-28(14-20(22)10-17-6-8-25-9-7-17)24(31)19-11-21-23(26-12-19)29(16-27-21)13-18-4-2-1-3-5-18/h1-9,11-12,16,20,22,30H,10,13-15H2/t20-,22+/m1/s1. The van der Waals surface area contributed by atoms with Gasteiger partial charge >= 0.3 is 0 Å². The number of aromatic nitrogens is 4. The average Bonchev–Trinajstić information content (AvgIpc) is 3.37. The number of likely N-dealkylation sites (tertiary alicyclic amines) is 1. The van der Waals surface area contributed by atoms with Crippen molar-refractivity contribution in [3.05, 3.63) is 90.1 Å². The van der Waals surface area contributed by atoms with Gasteiger partial charge in [-0.1, -0.05) is 30.3 Å². The molecule has 7 nitrogen and oxygen atoms in total. The SMILES string of the molecule is O=C(c1cnc2c(c1)ncn2Cc1ccccc1)N1C[C@@H](Cc2ccncc2)[C@@H](O)C1. The third-order valence-corrected chi connectivity index (χ3v) is 5.84. The van der Waals surface area contributed by atoms with Gasteiger partial charge in [0.05, 0.1) is 24.5 Å². The summed E-state index contributed by atoms with van der Waals surface area (Å²) in [5.74, 6) is -0.114. The number of amides is 1. The monoisotopic (exact) mass is 413 g/mol. The summed E-state index contributed by atoms with van der Waals surface area (Å²) in [5.41, 5.74) is 4.21. The first-order valence-corrected chi connectivity index (χ1v) is 10.4. The van der Waals surface area contributed by atoms with Crippen molar-refractivity contribution >= 4 is 17.1 Å². The fraction of sp³-hybridized carbons (Fsp3) is 0.250. The molecule has 156 valence electrons. The Morgan fingerprint density at radius 3 is 2.65 bits per heavy atom. The minimum Gasteiger partial charge on any atom is -0.391 e. The van der Waals surface area contributed by atoms with E-state index in [-0.39, 0.29) is 11.8 Å². The zero-order chi connectivity index (χ0) is 21.2. The number of fused-ring (bicyclic) bond motifs is 1. The Kier molecular flexibility index (Phi) is 5.18. The van der Waals surface area contributed by atoms with Crippen LogP contribution >= 0.6 is 0 Å². The van der Waals surface area contributed by atoms with E-state index in [9.17, 15) is 9.90 Å². The third kappa shape index (κ3) is 4.04. The van der Waals surface area contributed by atoms with Crippen molar-refractivity contribution in [2.75, 3.05) is 13.1 Å². The van der Waals surface area contributed by atoms with E-state index in [1.807, 2.05) is 34.9 Å². The Morgan fingerprint density at radius 1 is 1.03 bits per heavy atom. The normalized spacial score (nSPS) is 18.5. The van der Waals surface area contributed by atoms with Gasteiger partial charge in [0, 0.05) is 37.6 Å². The van der Waals surface area contributed by atoms with Gasteiger partial charge in [-0.2, -0.15) is 0 Å². The highest BCUT2D eigenvalue weighted by Gasteiger charge is 2.34. The first-order chi connectivity index (χ1) is 15.2. The lowest BCUT2D eigenvalue weighted by Crippen LogP contribution is -2.29. The molecule has 4 heterocycles. The number of imidazole rings is 1. The second-order valence-electron chi connectivity index (χ2n) is 8.02. The Balaban J connectivity index is 1.31. The number of carbonyl (C=O) groups excluding carboxylic acids is 1. The van der Waals surface area contributed by atoms with E-state index in [0.717, 1.165) is 16.8 Å². The van der Waals surface area contributed by atoms with Gasteiger partial charge in [0.2, 0.25) is 0 Å². The Bertz CT molecular complexity index is 1190. The maximum Gasteiger partial charge on any atom is 0.255 e. The largest absolute Gasteiger partial charge is 0.391 e. The van der Waals surface area contributed by atoms with Gasteiger partial charge in [0.1, 0.15) is 5.52 Å². The number of nitrogens with zero attached hydrogens (tertiary/aromatic N) is 5. The van der Waals surface area contributed by atoms with Crippen LogP contribution in [-0.2, 0) is 13.0 Å². The summed E-state index contributed by atoms with van der Waals surface area (Å²) in [6, 6.07) is 15.8. The molecule has 0 spiro atoms. The van der Waals surface area contributed by atoms with Gasteiger partial charge in [-0.15, -0.1) is 0 Å². The molecule has 0 radical (unpaired) electrons. The molecule has 4 aromatic rings. The zero-order valence-electron chi connectivity index (χ0n) is 17.0. The number of pyridine rings is 2. The Hall–Kier alpha value is -3.58. The zero-order valence-corrected chi connectivity index (χ0v) is 17.0. The molecule has 1 amide bonds. The molecule has 2 atom stereocenters. The number of aliphatic hydroxyl groups is 1. The summed E-state index contributed by atoms with van der Waals surface area (Å²) in [4.78, 5) is 27.8. The molecule has 0 saturated carbocycles. The summed E-state index contributed by atoms with van der Waals surface area (Å²) in [5, 5.41) is 10.5. The van der Waals surface area contributed by atoms with Crippen molar-refractivity contribution in [3.63, 3.8) is 0 Å². The molecule has 1 aromatic carbocycles. The maximum atomic E-state index is 13.1. The molecule has 1 N–H and O–H groups in total. The quantitative estimate of drug-likeness (QED) is 0.544. The van der Waals surface area contributed by atoms with Crippen LogP contribution in [0.25, 0.3) is 11.2 Å². The van der Waals surface area contributed by atoms with E-state index in [1.165, 1.54) is 0 Å². The topological polar surface area (TPSA) is 84.1 Å². The Morgan fingerprint density at radius 2 is 1.84 bits per heavy atom. The molecule has 1 saturated heterocycles. The minimum atomic E-state index is -0.543. The van der Waals surface area contributed by atoms with Crippen LogP contribution in [0.1, 0.15) is 21.5 Å². The minimum absolute atomic E-state index is 0.00752. The highest BCUT2D eigenvalue weighted by atomic mass is 16.3. The van der Waals surface area contributed by atoms with E-state index < -0.39 is 6.10 Å². The third-order valence-electron chi connectivity index (χ3n) is 5.84. The molecule has 1 aliphatic heterocycles. The van der Waals surface area contributed by atoms with E-state index >= 15 is 0 Å². The van der Waals surface area contributed by atoms with Crippen LogP contribution in [0, 0.1) is 5.92 Å². The molecule has 7 heteroatoms. The molecule has 31 heavy (non-hydrogen) atoms. The van der Waals surface area contributed by atoms with Gasteiger partial charge in [-0.25, -0.2) is 9.97 Å². The summed E-state index contributed by atoms with van der Waals surface area (Å²) < 4.78 is 1.98. The molecule has 0 bridgehead atoms. The van der Waals surface area contributed by atoms with Gasteiger partial charge in [0.25, 0.3) is 5.91 Å². The van der Waals surface area contributed by atoms with Gasteiger partial charge in [-0.05, 0) is 35.7 Å². The van der Waals surface area contributed by atoms with Crippen molar-refractivity contribution < 1.29 is 9.90 Å². The van der Waals surface area contributed by atoms with E-state index in [4.69, 9.17) is 0 Å². The number of carbonyl (C=O) groups is 1. The van der Waals surface area contributed by atoms with Crippen LogP contribution in [0.2, 0.25) is 0 Å². The van der Waals surface area contributed by atoms with Crippen LogP contribution in [0.5, 0.6) is 0 Å². The summed E-state index contributed by atoms with van der Waals surface area (Å²) in [6.07, 6.45) is 7.03. The summed E-state index contributed by atoms with van der Waals surface area (Å²) >= 11 is 0. The smallest absolute Gasteiger partial charge is 0.255 e. The predicted molar refractivity (Wildman–Crippen MR) is 116 cm³/mol. The lowest BCUT2D eigenvalue weighted by atomic mass is 9.97. The fourth-order valence-electron chi connectivity index (χ4n) is 4.19. The number of rotatable bonds is 5. The van der Waals surface area contributed by atoms with Crippen molar-refractivity contribution in [3.8, 4) is 0 Å². The first-order valence-electron chi connectivity index (χ1n) is 10.4. The van der Waals surface area contributed by atoms with Crippen molar-refractivity contribution in [2.24, 2.45) is 5.92 Å². The summed E-state index contributed by atoms with van der Waals surface area (Å²) in [6.45, 7) is 1.52. The molecule has 0 unspecified atom stereocenters. The van der Waals surface area contributed by atoms with Crippen LogP contribution in [0.15, 0.2) is 73.4 Å². The van der Waals surface area contributed by atoms with Crippen LogP contribution in [0.4, 0.5) is 0 Å². The molecule has 1 aliphatic rings. The summed E-state index contributed by atoms with van der Waals surface area (Å²) in [7, 11) is 0. The second kappa shape index (κ2) is 8.28. The molecule has 1 fully saturated rings. The average molecular weight is 413 g/mol. The highest BCUT2D eigenvalue weighted by Crippen LogP contribution is 2.24. The number of aliphatic hydroxyl groups excluding tert-OH is 1. The lowest BCUT2D eigenvalue weighted by molar-refractivity contribution is 0.0764. The van der Waals surface area contributed by atoms with Crippen LogP contribution in [0.3, 0.4) is 0 Å².